The SMILES string of the molecule is CCC1c2cccnc2CCN1C(=O)OC(C)(C)C. The maximum atomic E-state index is 12.3. The minimum atomic E-state index is -0.454. The number of fused-ring (bicyclic) bond motifs is 1. The molecule has 19 heavy (non-hydrogen) atoms. The van der Waals surface area contributed by atoms with E-state index in [4.69, 9.17) is 4.74 Å². The van der Waals surface area contributed by atoms with E-state index in [1.54, 1.807) is 0 Å². The van der Waals surface area contributed by atoms with Gasteiger partial charge in [0.2, 0.25) is 0 Å². The lowest BCUT2D eigenvalue weighted by atomic mass is 9.95. The molecule has 2 heterocycles. The second-order valence-corrected chi connectivity index (χ2v) is 5.89. The van der Waals surface area contributed by atoms with Gasteiger partial charge in [-0.05, 0) is 38.8 Å². The number of ether oxygens (including phenoxy) is 1. The highest BCUT2D eigenvalue weighted by molar-refractivity contribution is 5.69. The van der Waals surface area contributed by atoms with Crippen molar-refractivity contribution in [2.75, 3.05) is 6.54 Å². The molecule has 0 saturated carbocycles. The highest BCUT2D eigenvalue weighted by Crippen LogP contribution is 2.31. The van der Waals surface area contributed by atoms with E-state index in [9.17, 15) is 4.79 Å². The average Bonchev–Trinajstić information content (AvgIpc) is 2.35. The van der Waals surface area contributed by atoms with Crippen LogP contribution in [0.1, 0.15) is 51.4 Å². The number of pyridine rings is 1. The molecule has 0 spiro atoms. The summed E-state index contributed by atoms with van der Waals surface area (Å²) in [4.78, 5) is 18.5. The van der Waals surface area contributed by atoms with Gasteiger partial charge in [-0.3, -0.25) is 4.98 Å². The van der Waals surface area contributed by atoms with Crippen molar-refractivity contribution < 1.29 is 9.53 Å². The maximum Gasteiger partial charge on any atom is 0.410 e. The molecule has 0 N–H and O–H groups in total. The summed E-state index contributed by atoms with van der Waals surface area (Å²) >= 11 is 0. The van der Waals surface area contributed by atoms with E-state index in [0.717, 1.165) is 24.1 Å². The van der Waals surface area contributed by atoms with Crippen molar-refractivity contribution in [3.63, 3.8) is 0 Å². The van der Waals surface area contributed by atoms with E-state index >= 15 is 0 Å². The predicted molar refractivity (Wildman–Crippen MR) is 73.9 cm³/mol. The standard InChI is InChI=1S/C15H22N2O2/c1-5-13-11-7-6-9-16-12(11)8-10-17(13)14(18)19-15(2,3)4/h6-7,9,13H,5,8,10H2,1-4H3. The first-order valence-corrected chi connectivity index (χ1v) is 6.86. The minimum Gasteiger partial charge on any atom is -0.444 e. The third kappa shape index (κ3) is 3.06. The molecule has 4 nitrogen and oxygen atoms in total. The van der Waals surface area contributed by atoms with Crippen molar-refractivity contribution in [3.05, 3.63) is 29.6 Å². The van der Waals surface area contributed by atoms with E-state index in [-0.39, 0.29) is 12.1 Å². The number of nitrogens with zero attached hydrogens (tertiary/aromatic N) is 2. The van der Waals surface area contributed by atoms with Gasteiger partial charge in [0, 0.05) is 24.9 Å². The van der Waals surface area contributed by atoms with Gasteiger partial charge in [-0.15, -0.1) is 0 Å². The molecule has 1 amide bonds. The summed E-state index contributed by atoms with van der Waals surface area (Å²) in [6, 6.07) is 4.07. The normalized spacial score (nSPS) is 18.9. The molecular weight excluding hydrogens is 240 g/mol. The molecule has 1 aromatic rings. The second kappa shape index (κ2) is 5.19. The molecule has 1 aliphatic heterocycles. The monoisotopic (exact) mass is 262 g/mol. The van der Waals surface area contributed by atoms with Crippen molar-refractivity contribution in [2.24, 2.45) is 0 Å². The van der Waals surface area contributed by atoms with Crippen LogP contribution < -0.4 is 0 Å². The Morgan fingerprint density at radius 3 is 2.89 bits per heavy atom. The number of hydrogen-bond donors (Lipinski definition) is 0. The Balaban J connectivity index is 2.22. The first-order valence-electron chi connectivity index (χ1n) is 6.86. The molecule has 4 heteroatoms. The first-order chi connectivity index (χ1) is 8.92. The summed E-state index contributed by atoms with van der Waals surface area (Å²) < 4.78 is 5.49. The maximum absolute atomic E-state index is 12.3. The zero-order valence-corrected chi connectivity index (χ0v) is 12.1. The molecule has 1 aliphatic rings. The lowest BCUT2D eigenvalue weighted by Crippen LogP contribution is -2.43. The van der Waals surface area contributed by atoms with Gasteiger partial charge in [0.1, 0.15) is 5.60 Å². The van der Waals surface area contributed by atoms with Gasteiger partial charge < -0.3 is 9.64 Å². The third-order valence-corrected chi connectivity index (χ3v) is 3.26. The van der Waals surface area contributed by atoms with Gasteiger partial charge in [-0.1, -0.05) is 13.0 Å². The van der Waals surface area contributed by atoms with Crippen LogP contribution in [0.5, 0.6) is 0 Å². The Hall–Kier alpha value is -1.58. The number of hydrogen-bond acceptors (Lipinski definition) is 3. The lowest BCUT2D eigenvalue weighted by Gasteiger charge is -2.37. The van der Waals surface area contributed by atoms with E-state index in [1.807, 2.05) is 37.9 Å². The van der Waals surface area contributed by atoms with Crippen LogP contribution in [0.25, 0.3) is 0 Å². The number of amides is 1. The first kappa shape index (κ1) is 13.8. The van der Waals surface area contributed by atoms with E-state index in [1.165, 1.54) is 0 Å². The van der Waals surface area contributed by atoms with E-state index < -0.39 is 5.60 Å². The lowest BCUT2D eigenvalue weighted by molar-refractivity contribution is 0.0135. The highest BCUT2D eigenvalue weighted by Gasteiger charge is 2.32. The summed E-state index contributed by atoms with van der Waals surface area (Å²) in [7, 11) is 0. The van der Waals surface area contributed by atoms with Gasteiger partial charge in [-0.25, -0.2) is 4.79 Å². The Kier molecular flexibility index (Phi) is 3.78. The largest absolute Gasteiger partial charge is 0.444 e. The Morgan fingerprint density at radius 2 is 2.26 bits per heavy atom. The summed E-state index contributed by atoms with van der Waals surface area (Å²) in [5, 5.41) is 0. The molecule has 0 bridgehead atoms. The van der Waals surface area contributed by atoms with Crippen LogP contribution in [-0.2, 0) is 11.2 Å². The number of carbonyl (C=O) groups excluding carboxylic acids is 1. The number of carbonyl (C=O) groups is 1. The van der Waals surface area contributed by atoms with Crippen LogP contribution in [0.4, 0.5) is 4.79 Å². The van der Waals surface area contributed by atoms with Crippen LogP contribution in [0.2, 0.25) is 0 Å². The summed E-state index contributed by atoms with van der Waals surface area (Å²) in [5.74, 6) is 0. The summed E-state index contributed by atoms with van der Waals surface area (Å²) in [6.45, 7) is 8.45. The van der Waals surface area contributed by atoms with E-state index in [0.29, 0.717) is 6.54 Å². The molecular formula is C15H22N2O2. The smallest absolute Gasteiger partial charge is 0.410 e. The van der Waals surface area contributed by atoms with Crippen LogP contribution in [0.15, 0.2) is 18.3 Å². The van der Waals surface area contributed by atoms with Gasteiger partial charge >= 0.3 is 6.09 Å². The molecule has 104 valence electrons. The number of rotatable bonds is 1. The van der Waals surface area contributed by atoms with Crippen molar-refractivity contribution in [1.29, 1.82) is 0 Å². The molecule has 0 fully saturated rings. The van der Waals surface area contributed by atoms with Crippen molar-refractivity contribution in [1.82, 2.24) is 9.88 Å². The topological polar surface area (TPSA) is 42.4 Å². The Bertz CT molecular complexity index is 465. The van der Waals surface area contributed by atoms with Crippen molar-refractivity contribution in [2.45, 2.75) is 52.2 Å². The average molecular weight is 262 g/mol. The number of aromatic nitrogens is 1. The van der Waals surface area contributed by atoms with Crippen LogP contribution >= 0.6 is 0 Å². The molecule has 1 unspecified atom stereocenters. The van der Waals surface area contributed by atoms with Crippen LogP contribution in [0.3, 0.4) is 0 Å². The molecule has 0 radical (unpaired) electrons. The van der Waals surface area contributed by atoms with Crippen LogP contribution in [0, 0.1) is 0 Å². The predicted octanol–water partition coefficient (Wildman–Crippen LogP) is 3.33. The fourth-order valence-corrected chi connectivity index (χ4v) is 2.49. The molecule has 0 aliphatic carbocycles. The highest BCUT2D eigenvalue weighted by atomic mass is 16.6. The Labute approximate surface area is 114 Å². The third-order valence-electron chi connectivity index (χ3n) is 3.26. The fraction of sp³-hybridized carbons (Fsp3) is 0.600. The Morgan fingerprint density at radius 1 is 1.53 bits per heavy atom. The van der Waals surface area contributed by atoms with Gasteiger partial charge in [0.05, 0.1) is 6.04 Å². The zero-order chi connectivity index (χ0) is 14.0. The molecule has 2 rings (SSSR count). The van der Waals surface area contributed by atoms with E-state index in [2.05, 4.69) is 18.0 Å². The van der Waals surface area contributed by atoms with Crippen molar-refractivity contribution in [3.8, 4) is 0 Å². The molecule has 0 aromatic carbocycles. The molecule has 0 saturated heterocycles. The molecule has 1 atom stereocenters. The minimum absolute atomic E-state index is 0.0762. The van der Waals surface area contributed by atoms with Gasteiger partial charge in [0.15, 0.2) is 0 Å². The van der Waals surface area contributed by atoms with Crippen molar-refractivity contribution >= 4 is 6.09 Å². The molecule has 1 aromatic heterocycles. The fourth-order valence-electron chi connectivity index (χ4n) is 2.49. The second-order valence-electron chi connectivity index (χ2n) is 5.89. The van der Waals surface area contributed by atoms with Gasteiger partial charge in [0.25, 0.3) is 0 Å². The zero-order valence-electron chi connectivity index (χ0n) is 12.1. The summed E-state index contributed by atoms with van der Waals surface area (Å²) in [6.07, 6.45) is 3.26. The quantitative estimate of drug-likeness (QED) is 0.779. The summed E-state index contributed by atoms with van der Waals surface area (Å²) in [5.41, 5.74) is 1.81. The van der Waals surface area contributed by atoms with Crippen LogP contribution in [-0.4, -0.2) is 28.1 Å². The van der Waals surface area contributed by atoms with Gasteiger partial charge in [-0.2, -0.15) is 0 Å².